The first-order valence-corrected chi connectivity index (χ1v) is 5.54. The number of aryl methyl sites for hydroxylation is 1. The highest BCUT2D eigenvalue weighted by Gasteiger charge is 2.03. The van der Waals surface area contributed by atoms with Crippen LogP contribution in [0.2, 0.25) is 5.02 Å². The monoisotopic (exact) mass is 234 g/mol. The van der Waals surface area contributed by atoms with Gasteiger partial charge in [0.2, 0.25) is 0 Å². The Hall–Kier alpha value is -0.270. The smallest absolute Gasteiger partial charge is 0.141 e. The minimum Gasteiger partial charge on any atom is -0.205 e. The van der Waals surface area contributed by atoms with E-state index in [2.05, 4.69) is 6.92 Å². The van der Waals surface area contributed by atoms with Crippen molar-refractivity contribution in [3.63, 3.8) is 0 Å². The summed E-state index contributed by atoms with van der Waals surface area (Å²) in [5, 5.41) is 0.195. The molecule has 0 fully saturated rings. The lowest BCUT2D eigenvalue weighted by Crippen LogP contribution is -1.98. The summed E-state index contributed by atoms with van der Waals surface area (Å²) in [4.78, 5) is 0. The maximum Gasteiger partial charge on any atom is 0.141 e. The van der Waals surface area contributed by atoms with Gasteiger partial charge < -0.3 is 0 Å². The molecule has 1 aromatic rings. The van der Waals surface area contributed by atoms with Crippen LogP contribution in [0.3, 0.4) is 0 Å². The molecule has 0 spiro atoms. The molecule has 1 atom stereocenters. The highest BCUT2D eigenvalue weighted by atomic mass is 35.5. The molecule has 0 saturated heterocycles. The Morgan fingerprint density at radius 3 is 2.71 bits per heavy atom. The summed E-state index contributed by atoms with van der Waals surface area (Å²) in [6.45, 7) is 2.10. The van der Waals surface area contributed by atoms with Crippen molar-refractivity contribution in [3.8, 4) is 0 Å². The van der Waals surface area contributed by atoms with E-state index < -0.39 is 0 Å². The molecule has 0 N–H and O–H groups in total. The van der Waals surface area contributed by atoms with Gasteiger partial charge in [0.05, 0.1) is 5.02 Å². The minimum absolute atomic E-state index is 0.195. The van der Waals surface area contributed by atoms with Gasteiger partial charge in [-0.05, 0) is 36.5 Å². The van der Waals surface area contributed by atoms with E-state index in [4.69, 9.17) is 23.2 Å². The molecule has 1 rings (SSSR count). The minimum atomic E-state index is -0.360. The number of hydrogen-bond acceptors (Lipinski definition) is 0. The molecule has 0 aliphatic rings. The number of alkyl halides is 1. The van der Waals surface area contributed by atoms with E-state index in [0.717, 1.165) is 18.4 Å². The fourth-order valence-electron chi connectivity index (χ4n) is 1.19. The van der Waals surface area contributed by atoms with Gasteiger partial charge in [0.15, 0.2) is 0 Å². The van der Waals surface area contributed by atoms with E-state index in [0.29, 0.717) is 11.8 Å². The summed E-state index contributed by atoms with van der Waals surface area (Å²) in [6.07, 6.45) is 1.90. The van der Waals surface area contributed by atoms with E-state index >= 15 is 0 Å². The Labute approximate surface area is 94.0 Å². The van der Waals surface area contributed by atoms with Gasteiger partial charge in [-0.15, -0.1) is 11.6 Å². The van der Waals surface area contributed by atoms with Crippen LogP contribution in [-0.4, -0.2) is 5.88 Å². The Balaban J connectivity index is 2.55. The van der Waals surface area contributed by atoms with E-state index in [1.807, 2.05) is 0 Å². The van der Waals surface area contributed by atoms with Crippen LogP contribution >= 0.6 is 23.2 Å². The van der Waals surface area contributed by atoms with Crippen molar-refractivity contribution in [2.75, 3.05) is 5.88 Å². The summed E-state index contributed by atoms with van der Waals surface area (Å²) >= 11 is 11.4. The van der Waals surface area contributed by atoms with Crippen LogP contribution in [0.15, 0.2) is 18.2 Å². The molecule has 0 radical (unpaired) electrons. The van der Waals surface area contributed by atoms with E-state index in [-0.39, 0.29) is 10.8 Å². The molecule has 0 nitrogen and oxygen atoms in total. The Morgan fingerprint density at radius 1 is 1.43 bits per heavy atom. The molecular formula is C11H13Cl2F. The molecule has 14 heavy (non-hydrogen) atoms. The van der Waals surface area contributed by atoms with Crippen LogP contribution in [0.25, 0.3) is 0 Å². The standard InChI is InChI=1S/C11H13Cl2F/c1-8(7-12)2-3-9-4-5-11(14)10(13)6-9/h4-6,8H,2-3,7H2,1H3. The van der Waals surface area contributed by atoms with Crippen molar-refractivity contribution in [3.05, 3.63) is 34.6 Å². The zero-order chi connectivity index (χ0) is 10.6. The predicted molar refractivity (Wildman–Crippen MR) is 59.6 cm³/mol. The first kappa shape index (κ1) is 11.8. The molecule has 78 valence electrons. The highest BCUT2D eigenvalue weighted by Crippen LogP contribution is 2.18. The number of rotatable bonds is 4. The maximum atomic E-state index is 12.8. The average molecular weight is 235 g/mol. The summed E-state index contributed by atoms with van der Waals surface area (Å²) in [5.41, 5.74) is 1.06. The van der Waals surface area contributed by atoms with Crippen molar-refractivity contribution in [2.45, 2.75) is 19.8 Å². The lowest BCUT2D eigenvalue weighted by atomic mass is 10.0. The van der Waals surface area contributed by atoms with Crippen molar-refractivity contribution in [2.24, 2.45) is 5.92 Å². The third-order valence-corrected chi connectivity index (χ3v) is 2.99. The molecule has 1 aromatic carbocycles. The van der Waals surface area contributed by atoms with Gasteiger partial charge in [-0.1, -0.05) is 24.6 Å². The van der Waals surface area contributed by atoms with Gasteiger partial charge in [0.1, 0.15) is 5.82 Å². The quantitative estimate of drug-likeness (QED) is 0.683. The number of hydrogen-bond donors (Lipinski definition) is 0. The SMILES string of the molecule is CC(CCl)CCc1ccc(F)c(Cl)c1. The molecule has 0 amide bonds. The number of halogens is 3. The number of benzene rings is 1. The summed E-state index contributed by atoms with van der Waals surface area (Å²) < 4.78 is 12.8. The molecule has 3 heteroatoms. The van der Waals surface area contributed by atoms with Gasteiger partial charge >= 0.3 is 0 Å². The van der Waals surface area contributed by atoms with Gasteiger partial charge in [0.25, 0.3) is 0 Å². The van der Waals surface area contributed by atoms with Crippen molar-refractivity contribution in [1.82, 2.24) is 0 Å². The summed E-state index contributed by atoms with van der Waals surface area (Å²) in [5.74, 6) is 0.788. The second-order valence-electron chi connectivity index (χ2n) is 3.55. The fraction of sp³-hybridized carbons (Fsp3) is 0.455. The van der Waals surface area contributed by atoms with Crippen LogP contribution in [0.1, 0.15) is 18.9 Å². The second-order valence-corrected chi connectivity index (χ2v) is 4.26. The largest absolute Gasteiger partial charge is 0.205 e. The summed E-state index contributed by atoms with van der Waals surface area (Å²) in [6, 6.07) is 4.85. The predicted octanol–water partition coefficient (Wildman–Crippen LogP) is 4.29. The van der Waals surface area contributed by atoms with E-state index in [1.54, 1.807) is 12.1 Å². The first-order chi connectivity index (χ1) is 6.63. The highest BCUT2D eigenvalue weighted by molar-refractivity contribution is 6.30. The topological polar surface area (TPSA) is 0 Å². The van der Waals surface area contributed by atoms with E-state index in [9.17, 15) is 4.39 Å². The Morgan fingerprint density at radius 2 is 2.14 bits per heavy atom. The third kappa shape index (κ3) is 3.47. The molecule has 0 aromatic heterocycles. The van der Waals surface area contributed by atoms with Crippen LogP contribution < -0.4 is 0 Å². The first-order valence-electron chi connectivity index (χ1n) is 4.63. The lowest BCUT2D eigenvalue weighted by Gasteiger charge is -2.07. The second kappa shape index (κ2) is 5.57. The molecule has 1 unspecified atom stereocenters. The average Bonchev–Trinajstić information content (AvgIpc) is 2.19. The van der Waals surface area contributed by atoms with Gasteiger partial charge in [0, 0.05) is 5.88 Å². The third-order valence-electron chi connectivity index (χ3n) is 2.17. The van der Waals surface area contributed by atoms with Crippen LogP contribution in [-0.2, 0) is 6.42 Å². The zero-order valence-electron chi connectivity index (χ0n) is 8.06. The molecule has 0 aliphatic carbocycles. The van der Waals surface area contributed by atoms with Gasteiger partial charge in [-0.3, -0.25) is 0 Å². The van der Waals surface area contributed by atoms with Gasteiger partial charge in [-0.2, -0.15) is 0 Å². The van der Waals surface area contributed by atoms with E-state index in [1.165, 1.54) is 6.07 Å². The maximum absolute atomic E-state index is 12.8. The molecule has 0 aliphatic heterocycles. The van der Waals surface area contributed by atoms with Crippen molar-refractivity contribution >= 4 is 23.2 Å². The van der Waals surface area contributed by atoms with Crippen molar-refractivity contribution < 1.29 is 4.39 Å². The van der Waals surface area contributed by atoms with Crippen LogP contribution in [0.5, 0.6) is 0 Å². The Bertz CT molecular complexity index is 299. The van der Waals surface area contributed by atoms with Crippen LogP contribution in [0, 0.1) is 11.7 Å². The van der Waals surface area contributed by atoms with Crippen molar-refractivity contribution in [1.29, 1.82) is 0 Å². The van der Waals surface area contributed by atoms with Crippen LogP contribution in [0.4, 0.5) is 4.39 Å². The molecule has 0 saturated carbocycles. The molecular weight excluding hydrogens is 222 g/mol. The molecule has 0 bridgehead atoms. The zero-order valence-corrected chi connectivity index (χ0v) is 9.58. The molecule has 0 heterocycles. The fourth-order valence-corrected chi connectivity index (χ4v) is 1.54. The Kier molecular flexibility index (Phi) is 4.70. The normalized spacial score (nSPS) is 12.9. The lowest BCUT2D eigenvalue weighted by molar-refractivity contribution is 0.591. The van der Waals surface area contributed by atoms with Gasteiger partial charge in [-0.25, -0.2) is 4.39 Å². The summed E-state index contributed by atoms with van der Waals surface area (Å²) in [7, 11) is 0.